The Hall–Kier alpha value is -2.98. The van der Waals surface area contributed by atoms with E-state index in [0.717, 1.165) is 0 Å². The van der Waals surface area contributed by atoms with E-state index in [0.29, 0.717) is 40.9 Å². The molecular formula is C27H34BFN2O6. The zero-order valence-electron chi connectivity index (χ0n) is 22.7. The van der Waals surface area contributed by atoms with Crippen molar-refractivity contribution in [2.75, 3.05) is 18.6 Å². The number of esters is 2. The van der Waals surface area contributed by atoms with Crippen LogP contribution in [0.15, 0.2) is 24.3 Å². The maximum atomic E-state index is 14.6. The summed E-state index contributed by atoms with van der Waals surface area (Å²) in [5, 5.41) is 0. The molecule has 37 heavy (non-hydrogen) atoms. The second-order valence-electron chi connectivity index (χ2n) is 11.4. The Kier molecular flexibility index (Phi) is 6.88. The van der Waals surface area contributed by atoms with Crippen molar-refractivity contribution in [3.05, 3.63) is 52.5 Å². The molecule has 0 amide bonds. The number of pyridine rings is 1. The van der Waals surface area contributed by atoms with Crippen LogP contribution in [0.4, 0.5) is 10.2 Å². The molecule has 0 bridgehead atoms. The summed E-state index contributed by atoms with van der Waals surface area (Å²) in [6.45, 7) is 13.8. The first-order valence-electron chi connectivity index (χ1n) is 12.4. The summed E-state index contributed by atoms with van der Waals surface area (Å²) in [6.07, 6.45) is 0.369. The Morgan fingerprint density at radius 1 is 1.03 bits per heavy atom. The molecule has 4 rings (SSSR count). The highest BCUT2D eigenvalue weighted by Gasteiger charge is 2.53. The molecule has 0 aliphatic carbocycles. The Labute approximate surface area is 217 Å². The number of fused-ring (bicyclic) bond motifs is 1. The van der Waals surface area contributed by atoms with Crippen LogP contribution in [0.2, 0.25) is 0 Å². The molecule has 1 fully saturated rings. The van der Waals surface area contributed by atoms with Crippen molar-refractivity contribution < 1.29 is 32.8 Å². The van der Waals surface area contributed by atoms with Crippen LogP contribution in [0.5, 0.6) is 0 Å². The Bertz CT molecular complexity index is 1220. The smallest absolute Gasteiger partial charge is 0.465 e. The molecule has 1 aromatic carbocycles. The molecule has 198 valence electrons. The first-order valence-corrected chi connectivity index (χ1v) is 12.4. The number of halogens is 1. The molecule has 10 heteroatoms. The van der Waals surface area contributed by atoms with Gasteiger partial charge in [0.15, 0.2) is 5.69 Å². The van der Waals surface area contributed by atoms with Gasteiger partial charge >= 0.3 is 19.1 Å². The van der Waals surface area contributed by atoms with Gasteiger partial charge in [-0.15, -0.1) is 0 Å². The molecule has 0 spiro atoms. The molecule has 0 atom stereocenters. The lowest BCUT2D eigenvalue weighted by Gasteiger charge is -2.32. The van der Waals surface area contributed by atoms with Crippen molar-refractivity contribution in [1.82, 2.24) is 4.98 Å². The summed E-state index contributed by atoms with van der Waals surface area (Å²) >= 11 is 0. The fourth-order valence-corrected chi connectivity index (χ4v) is 4.41. The highest BCUT2D eigenvalue weighted by Crippen LogP contribution is 2.37. The lowest BCUT2D eigenvalue weighted by molar-refractivity contribution is 0.00578. The molecule has 2 aliphatic rings. The monoisotopic (exact) mass is 512 g/mol. The van der Waals surface area contributed by atoms with Gasteiger partial charge in [0.25, 0.3) is 0 Å². The predicted molar refractivity (Wildman–Crippen MR) is 138 cm³/mol. The molecule has 1 saturated heterocycles. The number of carbonyl (C=O) groups excluding carboxylic acids is 2. The molecule has 8 nitrogen and oxygen atoms in total. The van der Waals surface area contributed by atoms with Gasteiger partial charge in [0.05, 0.1) is 23.9 Å². The van der Waals surface area contributed by atoms with Gasteiger partial charge in [-0.05, 0) is 84.2 Å². The summed E-state index contributed by atoms with van der Waals surface area (Å²) in [4.78, 5) is 32.2. The van der Waals surface area contributed by atoms with Crippen LogP contribution in [-0.4, -0.2) is 54.5 Å². The normalized spacial score (nSPS) is 18.4. The minimum absolute atomic E-state index is 0.0872. The van der Waals surface area contributed by atoms with Crippen LogP contribution in [0, 0.1) is 5.82 Å². The average Bonchev–Trinajstić information content (AvgIpc) is 3.03. The average molecular weight is 512 g/mol. The first-order chi connectivity index (χ1) is 17.1. The van der Waals surface area contributed by atoms with Crippen molar-refractivity contribution in [2.45, 2.75) is 78.2 Å². The van der Waals surface area contributed by atoms with Gasteiger partial charge in [0, 0.05) is 18.6 Å². The van der Waals surface area contributed by atoms with Gasteiger partial charge in [0.2, 0.25) is 0 Å². The van der Waals surface area contributed by atoms with Crippen LogP contribution in [0.25, 0.3) is 0 Å². The third-order valence-corrected chi connectivity index (χ3v) is 7.10. The van der Waals surface area contributed by atoms with E-state index in [4.69, 9.17) is 23.8 Å². The highest BCUT2D eigenvalue weighted by atomic mass is 19.1. The zero-order valence-corrected chi connectivity index (χ0v) is 22.7. The summed E-state index contributed by atoms with van der Waals surface area (Å²) in [5.74, 6) is -0.998. The maximum Gasteiger partial charge on any atom is 0.497 e. The van der Waals surface area contributed by atoms with E-state index in [9.17, 15) is 14.0 Å². The number of anilines is 1. The number of carbonyl (C=O) groups is 2. The largest absolute Gasteiger partial charge is 0.497 e. The Morgan fingerprint density at radius 3 is 2.27 bits per heavy atom. The van der Waals surface area contributed by atoms with Gasteiger partial charge in [-0.2, -0.15) is 0 Å². The van der Waals surface area contributed by atoms with Crippen LogP contribution < -0.4 is 10.4 Å². The summed E-state index contributed by atoms with van der Waals surface area (Å²) in [7, 11) is 0.484. The number of ether oxygens (including phenoxy) is 2. The molecule has 0 radical (unpaired) electrons. The SMILES string of the molecule is COC(=O)c1ccc(F)c2c1CN(c1ccc(B3OC(C)(C)C(C)(C)O3)c(C(=O)OC(C)(C)C)n1)CC2. The van der Waals surface area contributed by atoms with E-state index in [2.05, 4.69) is 0 Å². The van der Waals surface area contributed by atoms with E-state index in [1.807, 2.05) is 32.6 Å². The van der Waals surface area contributed by atoms with Crippen molar-refractivity contribution in [3.8, 4) is 0 Å². The number of rotatable bonds is 4. The highest BCUT2D eigenvalue weighted by molar-refractivity contribution is 6.63. The van der Waals surface area contributed by atoms with E-state index < -0.39 is 35.9 Å². The summed E-state index contributed by atoms with van der Waals surface area (Å²) in [5.41, 5.74) is -0.0452. The lowest BCUT2D eigenvalue weighted by Crippen LogP contribution is -2.41. The molecule has 0 N–H and O–H groups in total. The number of methoxy groups -OCH3 is 1. The predicted octanol–water partition coefficient (Wildman–Crippen LogP) is 3.82. The number of nitrogens with zero attached hydrogens (tertiary/aromatic N) is 2. The minimum atomic E-state index is -0.809. The van der Waals surface area contributed by atoms with Gasteiger partial charge in [-0.3, -0.25) is 0 Å². The van der Waals surface area contributed by atoms with Crippen molar-refractivity contribution in [2.24, 2.45) is 0 Å². The zero-order chi connectivity index (χ0) is 27.3. The van der Waals surface area contributed by atoms with Gasteiger partial charge in [-0.1, -0.05) is 6.07 Å². The Balaban J connectivity index is 1.74. The molecule has 1 aromatic heterocycles. The second-order valence-corrected chi connectivity index (χ2v) is 11.4. The fraction of sp³-hybridized carbons (Fsp3) is 0.519. The van der Waals surface area contributed by atoms with Crippen LogP contribution in [0.1, 0.15) is 80.4 Å². The molecule has 0 saturated carbocycles. The van der Waals surface area contributed by atoms with Crippen molar-refractivity contribution in [1.29, 1.82) is 0 Å². The molecule has 2 aliphatic heterocycles. The van der Waals surface area contributed by atoms with Crippen LogP contribution in [0.3, 0.4) is 0 Å². The van der Waals surface area contributed by atoms with Crippen molar-refractivity contribution >= 4 is 30.3 Å². The number of hydrogen-bond donors (Lipinski definition) is 0. The first kappa shape index (κ1) is 27.1. The molecule has 3 heterocycles. The third-order valence-electron chi connectivity index (χ3n) is 7.10. The van der Waals surface area contributed by atoms with Crippen LogP contribution in [-0.2, 0) is 31.7 Å². The minimum Gasteiger partial charge on any atom is -0.465 e. The van der Waals surface area contributed by atoms with E-state index in [1.165, 1.54) is 19.2 Å². The number of aromatic nitrogens is 1. The third kappa shape index (κ3) is 5.22. The topological polar surface area (TPSA) is 87.2 Å². The van der Waals surface area contributed by atoms with Gasteiger partial charge < -0.3 is 23.7 Å². The van der Waals surface area contributed by atoms with E-state index in [1.54, 1.807) is 32.9 Å². The van der Waals surface area contributed by atoms with E-state index in [-0.39, 0.29) is 18.1 Å². The lowest BCUT2D eigenvalue weighted by atomic mass is 9.77. The molecule has 2 aromatic rings. The maximum absolute atomic E-state index is 14.6. The van der Waals surface area contributed by atoms with Crippen LogP contribution >= 0.6 is 0 Å². The van der Waals surface area contributed by atoms with Gasteiger partial charge in [0.1, 0.15) is 17.2 Å². The summed E-state index contributed by atoms with van der Waals surface area (Å²) < 4.78 is 37.5. The number of benzene rings is 1. The van der Waals surface area contributed by atoms with E-state index >= 15 is 0 Å². The van der Waals surface area contributed by atoms with Gasteiger partial charge in [-0.25, -0.2) is 19.0 Å². The standard InChI is InChI=1S/C27H34BFN2O6/c1-25(2,3)35-24(33)22-19(28-36-26(4,5)27(6,7)37-28)10-12-21(30-22)31-14-13-16-18(15-31)17(23(32)34-8)9-11-20(16)29/h9-12H,13-15H2,1-8H3. The quantitative estimate of drug-likeness (QED) is 0.452. The van der Waals surface area contributed by atoms with Crippen molar-refractivity contribution in [3.63, 3.8) is 0 Å². The Morgan fingerprint density at radius 2 is 1.68 bits per heavy atom. The second kappa shape index (κ2) is 9.40. The molecular weight excluding hydrogens is 478 g/mol. The fourth-order valence-electron chi connectivity index (χ4n) is 4.41. The molecule has 0 unspecified atom stereocenters. The number of hydrogen-bond acceptors (Lipinski definition) is 8. The summed E-state index contributed by atoms with van der Waals surface area (Å²) in [6, 6.07) is 6.26.